The van der Waals surface area contributed by atoms with Gasteiger partial charge in [-0.15, -0.1) is 0 Å². The minimum Gasteiger partial charge on any atom is -0.317 e. The smallest absolute Gasteiger partial charge is 0.0196 e. The summed E-state index contributed by atoms with van der Waals surface area (Å²) >= 11 is 2.15. The van der Waals surface area contributed by atoms with Gasteiger partial charge in [0, 0.05) is 29.1 Å². The number of nitrogens with zero attached hydrogens (tertiary/aromatic N) is 1. The molecule has 1 aliphatic heterocycles. The third-order valence-electron chi connectivity index (χ3n) is 4.43. The van der Waals surface area contributed by atoms with Crippen molar-refractivity contribution < 1.29 is 0 Å². The molecule has 2 rings (SSSR count). The molecule has 16 heavy (non-hydrogen) atoms. The highest BCUT2D eigenvalue weighted by Gasteiger charge is 2.31. The predicted molar refractivity (Wildman–Crippen MR) is 73.2 cm³/mol. The van der Waals surface area contributed by atoms with Crippen LogP contribution in [0.25, 0.3) is 0 Å². The van der Waals surface area contributed by atoms with Gasteiger partial charge in [0.15, 0.2) is 0 Å². The molecule has 2 fully saturated rings. The Labute approximate surface area is 105 Å². The van der Waals surface area contributed by atoms with Crippen molar-refractivity contribution >= 4 is 11.8 Å². The molecule has 0 aromatic carbocycles. The molecule has 1 aliphatic carbocycles. The highest BCUT2D eigenvalue weighted by Crippen LogP contribution is 2.32. The van der Waals surface area contributed by atoms with E-state index < -0.39 is 0 Å². The lowest BCUT2D eigenvalue weighted by molar-refractivity contribution is 0.136. The summed E-state index contributed by atoms with van der Waals surface area (Å²) in [5.74, 6) is 1.35. The average Bonchev–Trinajstić information content (AvgIpc) is 2.75. The van der Waals surface area contributed by atoms with Crippen molar-refractivity contribution in [3.63, 3.8) is 0 Å². The van der Waals surface area contributed by atoms with Gasteiger partial charge in [0.2, 0.25) is 0 Å². The summed E-state index contributed by atoms with van der Waals surface area (Å²) in [6.07, 6.45) is 6.89. The van der Waals surface area contributed by atoms with Crippen molar-refractivity contribution in [1.29, 1.82) is 0 Å². The molecule has 1 heterocycles. The normalized spacial score (nSPS) is 40.5. The first-order chi connectivity index (χ1) is 7.70. The average molecular weight is 242 g/mol. The van der Waals surface area contributed by atoms with E-state index in [0.717, 1.165) is 23.4 Å². The Morgan fingerprint density at radius 2 is 1.81 bits per heavy atom. The van der Waals surface area contributed by atoms with E-state index >= 15 is 0 Å². The zero-order valence-electron chi connectivity index (χ0n) is 10.9. The number of rotatable bonds is 3. The molecular weight excluding hydrogens is 216 g/mol. The van der Waals surface area contributed by atoms with E-state index in [0.29, 0.717) is 0 Å². The molecule has 1 saturated carbocycles. The zero-order chi connectivity index (χ0) is 11.5. The van der Waals surface area contributed by atoms with Crippen molar-refractivity contribution in [2.45, 2.75) is 62.4 Å². The molecule has 0 aromatic heterocycles. The first-order valence-corrected chi connectivity index (χ1v) is 7.76. The largest absolute Gasteiger partial charge is 0.317 e. The quantitative estimate of drug-likeness (QED) is 0.818. The number of nitrogens with one attached hydrogen (secondary N) is 1. The van der Waals surface area contributed by atoms with E-state index in [-0.39, 0.29) is 0 Å². The monoisotopic (exact) mass is 242 g/mol. The van der Waals surface area contributed by atoms with Gasteiger partial charge in [-0.1, -0.05) is 6.92 Å². The van der Waals surface area contributed by atoms with Gasteiger partial charge in [0.05, 0.1) is 0 Å². The lowest BCUT2D eigenvalue weighted by atomic mass is 9.89. The minimum absolute atomic E-state index is 0.779. The maximum atomic E-state index is 3.42. The molecule has 1 saturated heterocycles. The maximum absolute atomic E-state index is 3.42. The first-order valence-electron chi connectivity index (χ1n) is 6.71. The van der Waals surface area contributed by atoms with Gasteiger partial charge >= 0.3 is 0 Å². The van der Waals surface area contributed by atoms with E-state index in [1.54, 1.807) is 0 Å². The van der Waals surface area contributed by atoms with Crippen LogP contribution in [0.1, 0.15) is 39.0 Å². The van der Waals surface area contributed by atoms with Crippen molar-refractivity contribution in [2.75, 3.05) is 19.8 Å². The Hall–Kier alpha value is 0.270. The van der Waals surface area contributed by atoms with Crippen LogP contribution in [0.4, 0.5) is 0 Å². The van der Waals surface area contributed by atoms with Gasteiger partial charge in [-0.25, -0.2) is 0 Å². The standard InChI is InChI=1S/C13H26N2S/c1-10-8-13(9-16-10)15(3)12-6-4-11(14-2)5-7-12/h10-14H,4-9H2,1-3H3. The van der Waals surface area contributed by atoms with Crippen molar-refractivity contribution in [1.82, 2.24) is 10.2 Å². The van der Waals surface area contributed by atoms with Crippen molar-refractivity contribution in [3.05, 3.63) is 0 Å². The lowest BCUT2D eigenvalue weighted by Gasteiger charge is -2.37. The van der Waals surface area contributed by atoms with Gasteiger partial charge in [-0.3, -0.25) is 4.90 Å². The summed E-state index contributed by atoms with van der Waals surface area (Å²) in [6, 6.07) is 2.47. The molecule has 2 unspecified atom stereocenters. The third kappa shape index (κ3) is 2.93. The van der Waals surface area contributed by atoms with E-state index in [2.05, 4.69) is 43.0 Å². The van der Waals surface area contributed by atoms with Gasteiger partial charge in [0.1, 0.15) is 0 Å². The Morgan fingerprint density at radius 3 is 2.31 bits per heavy atom. The molecule has 0 aromatic rings. The topological polar surface area (TPSA) is 15.3 Å². The third-order valence-corrected chi connectivity index (χ3v) is 5.77. The van der Waals surface area contributed by atoms with Crippen LogP contribution in [-0.2, 0) is 0 Å². The molecule has 0 radical (unpaired) electrons. The fourth-order valence-corrected chi connectivity index (χ4v) is 4.43. The van der Waals surface area contributed by atoms with Crippen LogP contribution in [0.15, 0.2) is 0 Å². The van der Waals surface area contributed by atoms with Crippen molar-refractivity contribution in [2.24, 2.45) is 0 Å². The highest BCUT2D eigenvalue weighted by molar-refractivity contribution is 8.00. The van der Waals surface area contributed by atoms with Crippen LogP contribution in [0.5, 0.6) is 0 Å². The van der Waals surface area contributed by atoms with Crippen LogP contribution >= 0.6 is 11.8 Å². The molecule has 1 N–H and O–H groups in total. The SMILES string of the molecule is CNC1CCC(N(C)C2CSC(C)C2)CC1. The molecule has 2 aliphatic rings. The van der Waals surface area contributed by atoms with Gasteiger partial charge in [-0.2, -0.15) is 11.8 Å². The van der Waals surface area contributed by atoms with Gasteiger partial charge in [-0.05, 0) is 46.2 Å². The Morgan fingerprint density at radius 1 is 1.12 bits per heavy atom. The predicted octanol–water partition coefficient (Wildman–Crippen LogP) is 2.34. The van der Waals surface area contributed by atoms with E-state index in [9.17, 15) is 0 Å². The summed E-state index contributed by atoms with van der Waals surface area (Å²) in [6.45, 7) is 2.37. The van der Waals surface area contributed by atoms with Crippen molar-refractivity contribution in [3.8, 4) is 0 Å². The summed E-state index contributed by atoms with van der Waals surface area (Å²) < 4.78 is 0. The van der Waals surface area contributed by atoms with Crippen LogP contribution in [0.2, 0.25) is 0 Å². The van der Waals surface area contributed by atoms with Crippen LogP contribution < -0.4 is 5.32 Å². The highest BCUT2D eigenvalue weighted by atomic mass is 32.2. The molecular formula is C13H26N2S. The fraction of sp³-hybridized carbons (Fsp3) is 1.00. The fourth-order valence-electron chi connectivity index (χ4n) is 3.15. The van der Waals surface area contributed by atoms with Crippen LogP contribution in [-0.4, -0.2) is 48.1 Å². The van der Waals surface area contributed by atoms with E-state index in [1.165, 1.54) is 37.9 Å². The van der Waals surface area contributed by atoms with E-state index in [1.807, 2.05) is 0 Å². The van der Waals surface area contributed by atoms with E-state index in [4.69, 9.17) is 0 Å². The molecule has 94 valence electrons. The molecule has 0 amide bonds. The second-order valence-electron chi connectivity index (χ2n) is 5.49. The molecule has 2 atom stereocenters. The summed E-state index contributed by atoms with van der Waals surface area (Å²) in [7, 11) is 4.46. The molecule has 0 bridgehead atoms. The second kappa shape index (κ2) is 5.74. The maximum Gasteiger partial charge on any atom is 0.0196 e. The van der Waals surface area contributed by atoms with Crippen LogP contribution in [0.3, 0.4) is 0 Å². The summed E-state index contributed by atoms with van der Waals surface area (Å²) in [5, 5.41) is 4.29. The molecule has 2 nitrogen and oxygen atoms in total. The Balaban J connectivity index is 1.79. The lowest BCUT2D eigenvalue weighted by Crippen LogP contribution is -2.44. The summed E-state index contributed by atoms with van der Waals surface area (Å²) in [4.78, 5) is 2.68. The number of thioether (sulfide) groups is 1. The van der Waals surface area contributed by atoms with Gasteiger partial charge < -0.3 is 5.32 Å². The zero-order valence-corrected chi connectivity index (χ0v) is 11.7. The number of hydrogen-bond acceptors (Lipinski definition) is 3. The first kappa shape index (κ1) is 12.7. The van der Waals surface area contributed by atoms with Crippen LogP contribution in [0, 0.1) is 0 Å². The van der Waals surface area contributed by atoms with Gasteiger partial charge in [0.25, 0.3) is 0 Å². The minimum atomic E-state index is 0.779. The summed E-state index contributed by atoms with van der Waals surface area (Å²) in [5.41, 5.74) is 0. The second-order valence-corrected chi connectivity index (χ2v) is 6.96. The number of hydrogen-bond donors (Lipinski definition) is 1. The molecule has 3 heteroatoms. The Kier molecular flexibility index (Phi) is 4.57. The Bertz CT molecular complexity index is 214. The molecule has 0 spiro atoms.